The molecule has 128 valence electrons. The second-order valence-corrected chi connectivity index (χ2v) is 6.14. The number of amides is 1. The summed E-state index contributed by atoms with van der Waals surface area (Å²) < 4.78 is 10.6. The number of ether oxygens (including phenoxy) is 1. The number of halogens is 1. The molecule has 0 saturated heterocycles. The molecule has 0 aliphatic heterocycles. The fraction of sp³-hybridized carbons (Fsp3) is 0.158. The van der Waals surface area contributed by atoms with Crippen molar-refractivity contribution >= 4 is 40.1 Å². The molecule has 1 atom stereocenters. The van der Waals surface area contributed by atoms with Gasteiger partial charge in [-0.15, -0.1) is 0 Å². The quantitative estimate of drug-likeness (QED) is 0.694. The van der Waals surface area contributed by atoms with Crippen LogP contribution in [-0.2, 0) is 9.53 Å². The number of nitrogens with one attached hydrogen (secondary N) is 1. The van der Waals surface area contributed by atoms with Gasteiger partial charge in [0.15, 0.2) is 6.10 Å². The number of fused-ring (bicyclic) bond motifs is 1. The number of carbonyl (C=O) groups is 2. The first-order valence-electron chi connectivity index (χ1n) is 7.70. The Kier molecular flexibility index (Phi) is 4.76. The van der Waals surface area contributed by atoms with Gasteiger partial charge in [0.1, 0.15) is 5.58 Å². The highest BCUT2D eigenvalue weighted by molar-refractivity contribution is 6.31. The number of carbonyl (C=O) groups excluding carboxylic acids is 2. The van der Waals surface area contributed by atoms with E-state index < -0.39 is 18.0 Å². The first-order chi connectivity index (χ1) is 11.9. The second kappa shape index (κ2) is 6.99. The minimum Gasteiger partial charge on any atom is -0.449 e. The van der Waals surface area contributed by atoms with Crippen LogP contribution in [0.25, 0.3) is 11.0 Å². The van der Waals surface area contributed by atoms with Crippen molar-refractivity contribution in [3.63, 3.8) is 0 Å². The number of hydrogen-bond acceptors (Lipinski definition) is 4. The number of furan rings is 1. The number of anilines is 1. The molecule has 0 saturated carbocycles. The van der Waals surface area contributed by atoms with Gasteiger partial charge in [0, 0.05) is 16.1 Å². The summed E-state index contributed by atoms with van der Waals surface area (Å²) in [5.41, 5.74) is 2.18. The van der Waals surface area contributed by atoms with E-state index in [1.165, 1.54) is 13.0 Å². The molecule has 2 aromatic carbocycles. The van der Waals surface area contributed by atoms with Gasteiger partial charge in [0.2, 0.25) is 5.76 Å². The molecule has 0 unspecified atom stereocenters. The molecule has 1 heterocycles. The van der Waals surface area contributed by atoms with Gasteiger partial charge in [-0.3, -0.25) is 4.79 Å². The van der Waals surface area contributed by atoms with Gasteiger partial charge in [-0.25, -0.2) is 4.79 Å². The van der Waals surface area contributed by atoms with Gasteiger partial charge >= 0.3 is 5.97 Å². The molecule has 0 aliphatic carbocycles. The zero-order valence-electron chi connectivity index (χ0n) is 13.7. The second-order valence-electron chi connectivity index (χ2n) is 5.70. The zero-order chi connectivity index (χ0) is 18.0. The lowest BCUT2D eigenvalue weighted by atomic mass is 10.2. The summed E-state index contributed by atoms with van der Waals surface area (Å²) in [6.45, 7) is 3.43. The lowest BCUT2D eigenvalue weighted by Crippen LogP contribution is -2.29. The number of benzene rings is 2. The minimum atomic E-state index is -0.968. The molecular weight excluding hydrogens is 342 g/mol. The molecule has 0 aliphatic rings. The molecule has 1 N–H and O–H groups in total. The van der Waals surface area contributed by atoms with Crippen molar-refractivity contribution in [2.75, 3.05) is 5.32 Å². The molecule has 6 heteroatoms. The highest BCUT2D eigenvalue weighted by Crippen LogP contribution is 2.23. The molecule has 3 aromatic rings. The van der Waals surface area contributed by atoms with E-state index in [2.05, 4.69) is 5.32 Å². The van der Waals surface area contributed by atoms with Crippen LogP contribution in [0.15, 0.2) is 52.9 Å². The normalized spacial score (nSPS) is 12.0. The van der Waals surface area contributed by atoms with Gasteiger partial charge in [0.25, 0.3) is 5.91 Å². The number of hydrogen-bond donors (Lipinski definition) is 1. The fourth-order valence-corrected chi connectivity index (χ4v) is 2.53. The summed E-state index contributed by atoms with van der Waals surface area (Å²) in [6.07, 6.45) is -0.968. The van der Waals surface area contributed by atoms with Crippen molar-refractivity contribution in [3.05, 3.63) is 64.9 Å². The average molecular weight is 358 g/mol. The van der Waals surface area contributed by atoms with Crippen LogP contribution in [0.1, 0.15) is 23.0 Å². The maximum Gasteiger partial charge on any atom is 0.375 e. The van der Waals surface area contributed by atoms with E-state index in [4.69, 9.17) is 20.8 Å². The Bertz CT molecular complexity index is 948. The zero-order valence-corrected chi connectivity index (χ0v) is 14.5. The summed E-state index contributed by atoms with van der Waals surface area (Å²) >= 11 is 5.91. The smallest absolute Gasteiger partial charge is 0.375 e. The monoisotopic (exact) mass is 357 g/mol. The molecule has 1 amide bonds. The summed E-state index contributed by atoms with van der Waals surface area (Å²) in [5, 5.41) is 3.94. The van der Waals surface area contributed by atoms with Crippen LogP contribution < -0.4 is 5.32 Å². The highest BCUT2D eigenvalue weighted by Gasteiger charge is 2.21. The fourth-order valence-electron chi connectivity index (χ4n) is 2.35. The predicted molar refractivity (Wildman–Crippen MR) is 95.9 cm³/mol. The molecule has 25 heavy (non-hydrogen) atoms. The first-order valence-corrected chi connectivity index (χ1v) is 8.08. The summed E-state index contributed by atoms with van der Waals surface area (Å²) in [7, 11) is 0. The Balaban J connectivity index is 1.67. The SMILES string of the molecule is Cc1cccc(NC(=O)[C@@H](C)OC(=O)c2cc3cc(Cl)ccc3o2)c1. The molecule has 5 nitrogen and oxygen atoms in total. The maximum atomic E-state index is 12.2. The summed E-state index contributed by atoms with van der Waals surface area (Å²) in [6, 6.07) is 13.9. The van der Waals surface area contributed by atoms with E-state index in [9.17, 15) is 9.59 Å². The molecule has 3 rings (SSSR count). The molecule has 0 spiro atoms. The Morgan fingerprint density at radius 1 is 1.16 bits per heavy atom. The maximum absolute atomic E-state index is 12.2. The Morgan fingerprint density at radius 3 is 2.72 bits per heavy atom. The number of rotatable bonds is 4. The standard InChI is InChI=1S/C19H16ClNO4/c1-11-4-3-5-15(8-11)21-18(22)12(2)24-19(23)17-10-13-9-14(20)6-7-16(13)25-17/h3-10,12H,1-2H3,(H,21,22)/t12-/m1/s1. The van der Waals surface area contributed by atoms with Crippen molar-refractivity contribution < 1.29 is 18.7 Å². The average Bonchev–Trinajstić information content (AvgIpc) is 2.98. The predicted octanol–water partition coefficient (Wildman–Crippen LogP) is 4.58. The van der Waals surface area contributed by atoms with Crippen LogP contribution in [-0.4, -0.2) is 18.0 Å². The van der Waals surface area contributed by atoms with Gasteiger partial charge in [-0.2, -0.15) is 0 Å². The van der Waals surface area contributed by atoms with Crippen LogP contribution in [0.4, 0.5) is 5.69 Å². The van der Waals surface area contributed by atoms with Crippen LogP contribution >= 0.6 is 11.6 Å². The Hall–Kier alpha value is -2.79. The van der Waals surface area contributed by atoms with E-state index in [0.29, 0.717) is 21.7 Å². The minimum absolute atomic E-state index is 0.0208. The van der Waals surface area contributed by atoms with Crippen molar-refractivity contribution in [3.8, 4) is 0 Å². The van der Waals surface area contributed by atoms with Crippen LogP contribution in [0, 0.1) is 6.92 Å². The van der Waals surface area contributed by atoms with E-state index in [0.717, 1.165) is 5.56 Å². The van der Waals surface area contributed by atoms with E-state index >= 15 is 0 Å². The summed E-state index contributed by atoms with van der Waals surface area (Å²) in [5.74, 6) is -1.11. The molecule has 0 radical (unpaired) electrons. The summed E-state index contributed by atoms with van der Waals surface area (Å²) in [4.78, 5) is 24.4. The highest BCUT2D eigenvalue weighted by atomic mass is 35.5. The van der Waals surface area contributed by atoms with Crippen molar-refractivity contribution in [2.45, 2.75) is 20.0 Å². The third-order valence-corrected chi connectivity index (χ3v) is 3.85. The number of esters is 1. The molecule has 1 aromatic heterocycles. The molecule has 0 fully saturated rings. The van der Waals surface area contributed by atoms with Crippen LogP contribution in [0.3, 0.4) is 0 Å². The lowest BCUT2D eigenvalue weighted by molar-refractivity contribution is -0.123. The van der Waals surface area contributed by atoms with Crippen LogP contribution in [0.2, 0.25) is 5.02 Å². The third kappa shape index (κ3) is 4.00. The Morgan fingerprint density at radius 2 is 1.96 bits per heavy atom. The van der Waals surface area contributed by atoms with E-state index in [1.54, 1.807) is 24.3 Å². The third-order valence-electron chi connectivity index (χ3n) is 3.62. The topological polar surface area (TPSA) is 68.5 Å². The van der Waals surface area contributed by atoms with Gasteiger partial charge in [-0.05, 0) is 55.8 Å². The largest absolute Gasteiger partial charge is 0.449 e. The van der Waals surface area contributed by atoms with Crippen molar-refractivity contribution in [2.24, 2.45) is 0 Å². The van der Waals surface area contributed by atoms with E-state index in [-0.39, 0.29) is 5.76 Å². The molecular formula is C19H16ClNO4. The Labute approximate surface area is 149 Å². The van der Waals surface area contributed by atoms with Gasteiger partial charge in [0.05, 0.1) is 0 Å². The van der Waals surface area contributed by atoms with E-state index in [1.807, 2.05) is 25.1 Å². The number of aryl methyl sites for hydroxylation is 1. The van der Waals surface area contributed by atoms with Crippen molar-refractivity contribution in [1.82, 2.24) is 0 Å². The lowest BCUT2D eigenvalue weighted by Gasteiger charge is -2.13. The van der Waals surface area contributed by atoms with Gasteiger partial charge < -0.3 is 14.5 Å². The molecule has 0 bridgehead atoms. The van der Waals surface area contributed by atoms with Crippen molar-refractivity contribution in [1.29, 1.82) is 0 Å². The first kappa shape index (κ1) is 17.0. The van der Waals surface area contributed by atoms with Crippen LogP contribution in [0.5, 0.6) is 0 Å². The van der Waals surface area contributed by atoms with Gasteiger partial charge in [-0.1, -0.05) is 23.7 Å².